The van der Waals surface area contributed by atoms with Gasteiger partial charge in [0.25, 0.3) is 5.17 Å². The molecular formula is C8H15NOS. The third-order valence-electron chi connectivity index (χ3n) is 1.91. The third-order valence-corrected chi connectivity index (χ3v) is 2.23. The van der Waals surface area contributed by atoms with Gasteiger partial charge in [0.2, 0.25) is 0 Å². The predicted octanol–water partition coefficient (Wildman–Crippen LogP) is 1.79. The van der Waals surface area contributed by atoms with Crippen LogP contribution in [0.15, 0.2) is 0 Å². The van der Waals surface area contributed by atoms with Crippen molar-refractivity contribution in [3.8, 4) is 0 Å². The van der Waals surface area contributed by atoms with Crippen LogP contribution in [0.25, 0.3) is 0 Å². The summed E-state index contributed by atoms with van der Waals surface area (Å²) in [6, 6.07) is 0.431. The Bertz CT molecular complexity index is 177. The van der Waals surface area contributed by atoms with Gasteiger partial charge >= 0.3 is 0 Å². The molecule has 0 saturated carbocycles. The van der Waals surface area contributed by atoms with Gasteiger partial charge in [-0.05, 0) is 39.9 Å². The normalized spacial score (nSPS) is 22.6. The van der Waals surface area contributed by atoms with E-state index in [2.05, 4.69) is 32.6 Å². The average Bonchev–Trinajstić information content (AvgIpc) is 2.06. The molecule has 0 aromatic heterocycles. The second kappa shape index (κ2) is 2.63. The van der Waals surface area contributed by atoms with E-state index in [-0.39, 0.29) is 5.54 Å². The molecule has 1 heterocycles. The second-order valence-electron chi connectivity index (χ2n) is 3.83. The van der Waals surface area contributed by atoms with Crippen molar-refractivity contribution in [1.29, 1.82) is 0 Å². The summed E-state index contributed by atoms with van der Waals surface area (Å²) in [5.74, 6) is 0. The van der Waals surface area contributed by atoms with E-state index in [9.17, 15) is 0 Å². The monoisotopic (exact) mass is 173 g/mol. The molecule has 11 heavy (non-hydrogen) atoms. The van der Waals surface area contributed by atoms with Crippen molar-refractivity contribution >= 4 is 17.4 Å². The maximum Gasteiger partial charge on any atom is 0.260 e. The number of hydrogen-bond acceptors (Lipinski definition) is 2. The lowest BCUT2D eigenvalue weighted by Crippen LogP contribution is -2.45. The van der Waals surface area contributed by atoms with Gasteiger partial charge in [0.1, 0.15) is 6.61 Å². The van der Waals surface area contributed by atoms with Crippen molar-refractivity contribution in [2.45, 2.75) is 39.3 Å². The van der Waals surface area contributed by atoms with Crippen molar-refractivity contribution in [2.24, 2.45) is 0 Å². The smallest absolute Gasteiger partial charge is 0.260 e. The highest BCUT2D eigenvalue weighted by atomic mass is 32.1. The highest BCUT2D eigenvalue weighted by molar-refractivity contribution is 7.80. The van der Waals surface area contributed by atoms with Crippen molar-refractivity contribution < 1.29 is 4.74 Å². The zero-order valence-electron chi connectivity index (χ0n) is 7.55. The average molecular weight is 173 g/mol. The van der Waals surface area contributed by atoms with Crippen molar-refractivity contribution in [3.05, 3.63) is 0 Å². The van der Waals surface area contributed by atoms with Crippen molar-refractivity contribution in [1.82, 2.24) is 4.90 Å². The van der Waals surface area contributed by atoms with E-state index in [0.717, 1.165) is 0 Å². The van der Waals surface area contributed by atoms with Gasteiger partial charge in [-0.3, -0.25) is 0 Å². The van der Waals surface area contributed by atoms with Crippen LogP contribution >= 0.6 is 12.2 Å². The third kappa shape index (κ3) is 1.48. The Hall–Kier alpha value is -0.310. The quantitative estimate of drug-likeness (QED) is 0.561. The molecule has 0 aromatic rings. The Morgan fingerprint density at radius 3 is 2.27 bits per heavy atom. The van der Waals surface area contributed by atoms with Crippen LogP contribution in [0.4, 0.5) is 0 Å². The van der Waals surface area contributed by atoms with Gasteiger partial charge in [-0.25, -0.2) is 0 Å². The number of ether oxygens (including phenoxy) is 1. The molecule has 0 amide bonds. The first kappa shape index (κ1) is 8.78. The molecule has 1 rings (SSSR count). The largest absolute Gasteiger partial charge is 0.468 e. The molecular weight excluding hydrogens is 158 g/mol. The maximum atomic E-state index is 5.30. The van der Waals surface area contributed by atoms with E-state index in [1.54, 1.807) is 0 Å². The van der Waals surface area contributed by atoms with Crippen LogP contribution in [0.5, 0.6) is 0 Å². The molecule has 1 aliphatic heterocycles. The molecule has 0 bridgehead atoms. The Balaban J connectivity index is 2.80. The van der Waals surface area contributed by atoms with Gasteiger partial charge in [0.15, 0.2) is 0 Å². The minimum atomic E-state index is 0.0747. The van der Waals surface area contributed by atoms with Gasteiger partial charge < -0.3 is 9.64 Å². The molecule has 1 aliphatic rings. The molecule has 64 valence electrons. The van der Waals surface area contributed by atoms with E-state index >= 15 is 0 Å². The lowest BCUT2D eigenvalue weighted by molar-refractivity contribution is 0.196. The number of thiocarbonyl (C=S) groups is 1. The summed E-state index contributed by atoms with van der Waals surface area (Å²) >= 11 is 5.07. The molecule has 0 atom stereocenters. The summed E-state index contributed by atoms with van der Waals surface area (Å²) < 4.78 is 5.30. The summed E-state index contributed by atoms with van der Waals surface area (Å²) in [6.07, 6.45) is 0. The van der Waals surface area contributed by atoms with Crippen molar-refractivity contribution in [2.75, 3.05) is 6.61 Å². The van der Waals surface area contributed by atoms with Crippen LogP contribution in [0, 0.1) is 0 Å². The van der Waals surface area contributed by atoms with Gasteiger partial charge in [0.05, 0.1) is 5.54 Å². The molecule has 1 saturated heterocycles. The SMILES string of the molecule is CC(C)N1C(=S)OCC1(C)C. The molecule has 2 nitrogen and oxygen atoms in total. The van der Waals surface area contributed by atoms with Crippen LogP contribution in [0.2, 0.25) is 0 Å². The van der Waals surface area contributed by atoms with E-state index in [1.165, 1.54) is 0 Å². The molecule has 3 heteroatoms. The van der Waals surface area contributed by atoms with Crippen LogP contribution in [-0.2, 0) is 4.74 Å². The molecule has 1 fully saturated rings. The topological polar surface area (TPSA) is 12.5 Å². The Morgan fingerprint density at radius 1 is 1.55 bits per heavy atom. The van der Waals surface area contributed by atoms with Gasteiger partial charge in [-0.15, -0.1) is 0 Å². The van der Waals surface area contributed by atoms with Gasteiger partial charge in [0, 0.05) is 6.04 Å². The highest BCUT2D eigenvalue weighted by Gasteiger charge is 2.38. The fourth-order valence-corrected chi connectivity index (χ4v) is 2.05. The zero-order chi connectivity index (χ0) is 8.65. The summed E-state index contributed by atoms with van der Waals surface area (Å²) in [4.78, 5) is 2.14. The standard InChI is InChI=1S/C8H15NOS/c1-6(2)9-7(11)10-5-8(9,3)4/h6H,5H2,1-4H3. The van der Waals surface area contributed by atoms with Crippen LogP contribution in [0.1, 0.15) is 27.7 Å². The van der Waals surface area contributed by atoms with E-state index < -0.39 is 0 Å². The molecule has 0 N–H and O–H groups in total. The molecule has 0 spiro atoms. The summed E-state index contributed by atoms with van der Waals surface area (Å²) in [7, 11) is 0. The highest BCUT2D eigenvalue weighted by Crippen LogP contribution is 2.25. The minimum Gasteiger partial charge on any atom is -0.468 e. The fourth-order valence-electron chi connectivity index (χ4n) is 1.53. The fraction of sp³-hybridized carbons (Fsp3) is 0.875. The Morgan fingerprint density at radius 2 is 2.09 bits per heavy atom. The predicted molar refractivity (Wildman–Crippen MR) is 49.6 cm³/mol. The van der Waals surface area contributed by atoms with Crippen LogP contribution < -0.4 is 0 Å². The van der Waals surface area contributed by atoms with Crippen molar-refractivity contribution in [3.63, 3.8) is 0 Å². The lowest BCUT2D eigenvalue weighted by atomic mass is 10.0. The Kier molecular flexibility index (Phi) is 2.10. The summed E-state index contributed by atoms with van der Waals surface area (Å²) in [6.45, 7) is 9.26. The van der Waals surface area contributed by atoms with E-state index in [1.807, 2.05) is 0 Å². The number of hydrogen-bond donors (Lipinski definition) is 0. The van der Waals surface area contributed by atoms with Crippen LogP contribution in [0.3, 0.4) is 0 Å². The first-order valence-electron chi connectivity index (χ1n) is 3.91. The first-order chi connectivity index (χ1) is 4.95. The van der Waals surface area contributed by atoms with Gasteiger partial charge in [-0.2, -0.15) is 0 Å². The number of rotatable bonds is 1. The Labute approximate surface area is 73.5 Å². The molecule has 0 aliphatic carbocycles. The zero-order valence-corrected chi connectivity index (χ0v) is 8.36. The van der Waals surface area contributed by atoms with E-state index in [4.69, 9.17) is 17.0 Å². The molecule has 0 unspecified atom stereocenters. The van der Waals surface area contributed by atoms with Crippen LogP contribution in [-0.4, -0.2) is 28.3 Å². The molecule has 0 radical (unpaired) electrons. The summed E-state index contributed by atoms with van der Waals surface area (Å²) in [5, 5.41) is 0.644. The maximum absolute atomic E-state index is 5.30. The summed E-state index contributed by atoms with van der Waals surface area (Å²) in [5.41, 5.74) is 0.0747. The lowest BCUT2D eigenvalue weighted by Gasteiger charge is -2.32. The molecule has 0 aromatic carbocycles. The second-order valence-corrected chi connectivity index (χ2v) is 4.18. The first-order valence-corrected chi connectivity index (χ1v) is 4.32. The van der Waals surface area contributed by atoms with Gasteiger partial charge in [-0.1, -0.05) is 0 Å². The van der Waals surface area contributed by atoms with E-state index in [0.29, 0.717) is 17.8 Å². The minimum absolute atomic E-state index is 0.0747. The number of nitrogens with zero attached hydrogens (tertiary/aromatic N) is 1.